The van der Waals surface area contributed by atoms with Crippen molar-refractivity contribution in [3.8, 4) is 0 Å². The fourth-order valence-electron chi connectivity index (χ4n) is 4.57. The Labute approximate surface area is 183 Å². The zero-order chi connectivity index (χ0) is 21.9. The molecule has 3 rings (SSSR count). The predicted molar refractivity (Wildman–Crippen MR) is 128 cm³/mol. The second kappa shape index (κ2) is 9.20. The lowest BCUT2D eigenvalue weighted by Crippen LogP contribution is -2.60. The third-order valence-corrected chi connectivity index (χ3v) is 9.30. The topological polar surface area (TPSA) is 29.5 Å². The molecule has 3 nitrogen and oxygen atoms in total. The van der Waals surface area contributed by atoms with Crippen LogP contribution in [0.15, 0.2) is 60.7 Å². The molecule has 0 aromatic heterocycles. The summed E-state index contributed by atoms with van der Waals surface area (Å²) in [6.45, 7) is 11.0. The largest absolute Gasteiger partial charge is 0.462 e. The SMILES string of the molecule is CC(CP(c1ccccc1)c1ccccc1)C(=O)OC1CC(C)(C)N(C)C(C)(C)C1. The normalized spacial score (nSPS) is 20.1. The second-order valence-electron chi connectivity index (χ2n) is 9.83. The predicted octanol–water partition coefficient (Wildman–Crippen LogP) is 4.95. The molecule has 1 atom stereocenters. The van der Waals surface area contributed by atoms with E-state index in [0.29, 0.717) is 0 Å². The molecule has 0 spiro atoms. The van der Waals surface area contributed by atoms with Crippen molar-refractivity contribution < 1.29 is 9.53 Å². The maximum atomic E-state index is 13.1. The average Bonchev–Trinajstić information content (AvgIpc) is 2.71. The fourth-order valence-corrected chi connectivity index (χ4v) is 7.05. The third-order valence-electron chi connectivity index (χ3n) is 6.55. The van der Waals surface area contributed by atoms with Gasteiger partial charge in [0.15, 0.2) is 0 Å². The summed E-state index contributed by atoms with van der Waals surface area (Å²) in [4.78, 5) is 15.5. The molecule has 162 valence electrons. The van der Waals surface area contributed by atoms with Gasteiger partial charge in [0, 0.05) is 23.9 Å². The highest BCUT2D eigenvalue weighted by atomic mass is 31.1. The van der Waals surface area contributed by atoms with Gasteiger partial charge in [0.05, 0.1) is 5.92 Å². The molecule has 1 heterocycles. The van der Waals surface area contributed by atoms with Gasteiger partial charge in [-0.2, -0.15) is 0 Å². The molecule has 1 aliphatic heterocycles. The van der Waals surface area contributed by atoms with Crippen molar-refractivity contribution in [1.82, 2.24) is 4.90 Å². The molecule has 0 radical (unpaired) electrons. The molecular weight excluding hydrogens is 389 g/mol. The Balaban J connectivity index is 1.72. The number of nitrogens with zero attached hydrogens (tertiary/aromatic N) is 1. The van der Waals surface area contributed by atoms with Crippen LogP contribution in [0.3, 0.4) is 0 Å². The summed E-state index contributed by atoms with van der Waals surface area (Å²) in [7, 11) is 1.57. The van der Waals surface area contributed by atoms with E-state index in [1.807, 2.05) is 19.1 Å². The molecule has 0 bridgehead atoms. The van der Waals surface area contributed by atoms with Crippen molar-refractivity contribution in [3.63, 3.8) is 0 Å². The van der Waals surface area contributed by atoms with Gasteiger partial charge in [-0.25, -0.2) is 0 Å². The summed E-state index contributed by atoms with van der Waals surface area (Å²) in [6, 6.07) is 21.1. The van der Waals surface area contributed by atoms with Crippen LogP contribution in [-0.4, -0.2) is 41.3 Å². The Morgan fingerprint density at radius 3 is 1.83 bits per heavy atom. The molecule has 0 saturated carbocycles. The van der Waals surface area contributed by atoms with Gasteiger partial charge in [-0.05, 0) is 59.4 Å². The van der Waals surface area contributed by atoms with E-state index in [0.717, 1.165) is 19.0 Å². The van der Waals surface area contributed by atoms with E-state index in [9.17, 15) is 4.79 Å². The minimum Gasteiger partial charge on any atom is -0.462 e. The smallest absolute Gasteiger partial charge is 0.309 e. The Morgan fingerprint density at radius 1 is 0.967 bits per heavy atom. The molecule has 1 unspecified atom stereocenters. The molecule has 0 N–H and O–H groups in total. The van der Waals surface area contributed by atoms with Crippen LogP contribution in [0.4, 0.5) is 0 Å². The molecule has 30 heavy (non-hydrogen) atoms. The highest BCUT2D eigenvalue weighted by Crippen LogP contribution is 2.39. The molecule has 1 fully saturated rings. The van der Waals surface area contributed by atoms with Crippen LogP contribution in [0.25, 0.3) is 0 Å². The lowest BCUT2D eigenvalue weighted by atomic mass is 9.78. The van der Waals surface area contributed by atoms with Crippen LogP contribution in [0.2, 0.25) is 0 Å². The van der Waals surface area contributed by atoms with Crippen LogP contribution >= 0.6 is 7.92 Å². The molecule has 4 heteroatoms. The molecule has 1 aliphatic rings. The highest BCUT2D eigenvalue weighted by molar-refractivity contribution is 7.73. The zero-order valence-corrected chi connectivity index (χ0v) is 20.2. The van der Waals surface area contributed by atoms with Gasteiger partial charge >= 0.3 is 5.97 Å². The zero-order valence-electron chi connectivity index (χ0n) is 19.3. The Bertz CT molecular complexity index is 777. The number of hydrogen-bond donors (Lipinski definition) is 0. The number of benzene rings is 2. The van der Waals surface area contributed by atoms with Gasteiger partial charge in [0.1, 0.15) is 6.10 Å². The van der Waals surface area contributed by atoms with E-state index in [-0.39, 0.29) is 29.1 Å². The van der Waals surface area contributed by atoms with E-state index >= 15 is 0 Å². The number of hydrogen-bond acceptors (Lipinski definition) is 3. The van der Waals surface area contributed by atoms with E-state index in [1.54, 1.807) is 0 Å². The van der Waals surface area contributed by atoms with Gasteiger partial charge in [0.25, 0.3) is 0 Å². The molecule has 0 aliphatic carbocycles. The number of carbonyl (C=O) groups is 1. The first-order valence-corrected chi connectivity index (χ1v) is 12.4. The van der Waals surface area contributed by atoms with E-state index in [2.05, 4.69) is 88.2 Å². The lowest BCUT2D eigenvalue weighted by Gasteiger charge is -2.53. The summed E-state index contributed by atoms with van der Waals surface area (Å²) in [5, 5.41) is 2.61. The van der Waals surface area contributed by atoms with Gasteiger partial charge in [-0.1, -0.05) is 67.6 Å². The number of ether oxygens (including phenoxy) is 1. The van der Waals surface area contributed by atoms with Gasteiger partial charge in [0.2, 0.25) is 0 Å². The van der Waals surface area contributed by atoms with Crippen LogP contribution in [-0.2, 0) is 9.53 Å². The maximum absolute atomic E-state index is 13.1. The first kappa shape index (κ1) is 23.0. The molecular formula is C26H36NO2P. The number of carbonyl (C=O) groups excluding carboxylic acids is 1. The monoisotopic (exact) mass is 425 g/mol. The average molecular weight is 426 g/mol. The summed E-state index contributed by atoms with van der Waals surface area (Å²) in [5.41, 5.74) is 0.0211. The minimum atomic E-state index is -0.600. The maximum Gasteiger partial charge on any atom is 0.309 e. The molecule has 1 saturated heterocycles. The van der Waals surface area contributed by atoms with Crippen molar-refractivity contribution >= 4 is 24.5 Å². The Hall–Kier alpha value is -1.70. The number of esters is 1. The molecule has 2 aromatic carbocycles. The fraction of sp³-hybridized carbons (Fsp3) is 0.500. The van der Waals surface area contributed by atoms with Gasteiger partial charge < -0.3 is 4.74 Å². The Kier molecular flexibility index (Phi) is 7.05. The second-order valence-corrected chi connectivity index (χ2v) is 12.1. The number of likely N-dealkylation sites (tertiary alicyclic amines) is 1. The first-order chi connectivity index (χ1) is 14.1. The van der Waals surface area contributed by atoms with Crippen LogP contribution < -0.4 is 10.6 Å². The summed E-state index contributed by atoms with van der Waals surface area (Å²) < 4.78 is 6.09. The number of piperidine rings is 1. The van der Waals surface area contributed by atoms with Crippen molar-refractivity contribution in [1.29, 1.82) is 0 Å². The summed E-state index contributed by atoms with van der Waals surface area (Å²) in [5.74, 6) is -0.196. The third kappa shape index (κ3) is 5.31. The Morgan fingerprint density at radius 2 is 1.40 bits per heavy atom. The quantitative estimate of drug-likeness (QED) is 0.484. The van der Waals surface area contributed by atoms with Crippen LogP contribution in [0.5, 0.6) is 0 Å². The number of rotatable bonds is 6. The lowest BCUT2D eigenvalue weighted by molar-refractivity contribution is -0.162. The summed E-state index contributed by atoms with van der Waals surface area (Å²) >= 11 is 0. The van der Waals surface area contributed by atoms with Gasteiger partial charge in [-0.3, -0.25) is 9.69 Å². The van der Waals surface area contributed by atoms with Gasteiger partial charge in [-0.15, -0.1) is 0 Å². The van der Waals surface area contributed by atoms with E-state index in [1.165, 1.54) is 10.6 Å². The molecule has 2 aromatic rings. The molecule has 0 amide bonds. The summed E-state index contributed by atoms with van der Waals surface area (Å²) in [6.07, 6.45) is 2.53. The van der Waals surface area contributed by atoms with Crippen molar-refractivity contribution in [2.24, 2.45) is 5.92 Å². The first-order valence-electron chi connectivity index (χ1n) is 10.9. The standard InChI is InChI=1S/C26H36NO2P/c1-20(24(28)29-21-17-25(2,3)27(6)26(4,5)18-21)19-30(22-13-9-7-10-14-22)23-15-11-8-12-16-23/h7-16,20-21H,17-19H2,1-6H3. The van der Waals surface area contributed by atoms with Crippen molar-refractivity contribution in [2.45, 2.75) is 64.6 Å². The highest BCUT2D eigenvalue weighted by Gasteiger charge is 2.44. The van der Waals surface area contributed by atoms with Crippen LogP contribution in [0, 0.1) is 5.92 Å². The van der Waals surface area contributed by atoms with Crippen molar-refractivity contribution in [2.75, 3.05) is 13.2 Å². The van der Waals surface area contributed by atoms with E-state index < -0.39 is 7.92 Å². The van der Waals surface area contributed by atoms with Crippen LogP contribution in [0.1, 0.15) is 47.5 Å². The minimum absolute atomic E-state index is 0.0105. The van der Waals surface area contributed by atoms with Crippen molar-refractivity contribution in [3.05, 3.63) is 60.7 Å². The van der Waals surface area contributed by atoms with E-state index in [4.69, 9.17) is 4.74 Å².